The van der Waals surface area contributed by atoms with E-state index in [1.54, 1.807) is 0 Å². The lowest BCUT2D eigenvalue weighted by molar-refractivity contribution is -0.0473. The standard InChI is InChI=1S/C25H38O2/c1-18(2)10-8-11-19(3)21-15-16-22-23(14-9-17-25(21,22)4)27-24(26)20-12-6-5-7-13-20/h5-7,12-13,18-19,21-23H,8-11,14-17H2,1-4H3. The predicted octanol–water partition coefficient (Wildman–Crippen LogP) is 6.89. The largest absolute Gasteiger partial charge is 0.458 e. The zero-order valence-electron chi connectivity index (χ0n) is 17.7. The van der Waals surface area contributed by atoms with Gasteiger partial charge < -0.3 is 4.74 Å². The smallest absolute Gasteiger partial charge is 0.338 e. The van der Waals surface area contributed by atoms with E-state index in [0.29, 0.717) is 16.9 Å². The number of esters is 1. The minimum absolute atomic E-state index is 0.101. The first-order valence-electron chi connectivity index (χ1n) is 11.2. The molecular formula is C25H38O2. The van der Waals surface area contributed by atoms with Crippen LogP contribution in [0, 0.1) is 29.1 Å². The first-order valence-corrected chi connectivity index (χ1v) is 11.2. The fourth-order valence-electron chi connectivity index (χ4n) is 6.06. The van der Waals surface area contributed by atoms with Gasteiger partial charge in [-0.25, -0.2) is 4.79 Å². The molecule has 1 aromatic carbocycles. The third-order valence-corrected chi connectivity index (χ3v) is 7.53. The molecule has 0 amide bonds. The normalized spacial score (nSPS) is 31.5. The van der Waals surface area contributed by atoms with Gasteiger partial charge in [0.05, 0.1) is 5.56 Å². The Morgan fingerprint density at radius 3 is 2.56 bits per heavy atom. The summed E-state index contributed by atoms with van der Waals surface area (Å²) in [4.78, 5) is 12.6. The molecule has 0 saturated heterocycles. The molecule has 27 heavy (non-hydrogen) atoms. The second-order valence-electron chi connectivity index (χ2n) is 9.80. The van der Waals surface area contributed by atoms with E-state index >= 15 is 0 Å². The van der Waals surface area contributed by atoms with Gasteiger partial charge in [0.15, 0.2) is 0 Å². The van der Waals surface area contributed by atoms with Crippen molar-refractivity contribution in [2.75, 3.05) is 0 Å². The van der Waals surface area contributed by atoms with Gasteiger partial charge in [-0.05, 0) is 67.4 Å². The molecule has 1 aromatic rings. The Labute approximate surface area is 166 Å². The van der Waals surface area contributed by atoms with E-state index in [0.717, 1.165) is 24.2 Å². The van der Waals surface area contributed by atoms with Crippen LogP contribution in [-0.4, -0.2) is 12.1 Å². The number of hydrogen-bond donors (Lipinski definition) is 0. The first kappa shape index (κ1) is 20.4. The van der Waals surface area contributed by atoms with Crippen molar-refractivity contribution in [3.8, 4) is 0 Å². The summed E-state index contributed by atoms with van der Waals surface area (Å²) in [5.74, 6) is 2.77. The zero-order chi connectivity index (χ0) is 19.4. The van der Waals surface area contributed by atoms with Crippen LogP contribution in [0.15, 0.2) is 30.3 Å². The Bertz CT molecular complexity index is 608. The summed E-state index contributed by atoms with van der Waals surface area (Å²) < 4.78 is 6.06. The van der Waals surface area contributed by atoms with Crippen LogP contribution in [0.5, 0.6) is 0 Å². The van der Waals surface area contributed by atoms with E-state index in [1.165, 1.54) is 44.9 Å². The van der Waals surface area contributed by atoms with E-state index in [1.807, 2.05) is 30.3 Å². The van der Waals surface area contributed by atoms with E-state index in [-0.39, 0.29) is 12.1 Å². The predicted molar refractivity (Wildman–Crippen MR) is 112 cm³/mol. The summed E-state index contributed by atoms with van der Waals surface area (Å²) in [7, 11) is 0. The molecular weight excluding hydrogens is 332 g/mol. The third kappa shape index (κ3) is 4.58. The van der Waals surface area contributed by atoms with Crippen molar-refractivity contribution < 1.29 is 9.53 Å². The number of carbonyl (C=O) groups excluding carboxylic acids is 1. The minimum atomic E-state index is -0.140. The summed E-state index contributed by atoms with van der Waals surface area (Å²) in [5, 5.41) is 0. The average Bonchev–Trinajstić information content (AvgIpc) is 3.00. The van der Waals surface area contributed by atoms with Crippen molar-refractivity contribution in [3.05, 3.63) is 35.9 Å². The maximum Gasteiger partial charge on any atom is 0.338 e. The fourth-order valence-corrected chi connectivity index (χ4v) is 6.06. The molecule has 0 aliphatic heterocycles. The van der Waals surface area contributed by atoms with Crippen LogP contribution in [-0.2, 0) is 4.74 Å². The second-order valence-corrected chi connectivity index (χ2v) is 9.80. The highest BCUT2D eigenvalue weighted by Gasteiger charge is 2.53. The van der Waals surface area contributed by atoms with Crippen molar-refractivity contribution in [2.24, 2.45) is 29.1 Å². The van der Waals surface area contributed by atoms with E-state index in [4.69, 9.17) is 4.74 Å². The minimum Gasteiger partial charge on any atom is -0.458 e. The average molecular weight is 371 g/mol. The first-order chi connectivity index (χ1) is 12.9. The highest BCUT2D eigenvalue weighted by atomic mass is 16.5. The Balaban J connectivity index is 1.64. The zero-order valence-corrected chi connectivity index (χ0v) is 17.7. The van der Waals surface area contributed by atoms with Crippen LogP contribution < -0.4 is 0 Å². The van der Waals surface area contributed by atoms with Gasteiger partial charge in [-0.2, -0.15) is 0 Å². The SMILES string of the molecule is CC(C)CCCC(C)C1CCC2C(OC(=O)c3ccccc3)CCCC12C. The maximum atomic E-state index is 12.6. The third-order valence-electron chi connectivity index (χ3n) is 7.53. The molecule has 2 aliphatic rings. The molecule has 2 fully saturated rings. The number of carbonyl (C=O) groups is 1. The van der Waals surface area contributed by atoms with Crippen molar-refractivity contribution in [3.63, 3.8) is 0 Å². The number of rotatable bonds is 7. The number of hydrogen-bond acceptors (Lipinski definition) is 2. The number of fused-ring (bicyclic) bond motifs is 1. The van der Waals surface area contributed by atoms with E-state index in [9.17, 15) is 4.79 Å². The maximum absolute atomic E-state index is 12.6. The van der Waals surface area contributed by atoms with Crippen molar-refractivity contribution >= 4 is 5.97 Å². The van der Waals surface area contributed by atoms with Gasteiger partial charge in [-0.15, -0.1) is 0 Å². The number of benzene rings is 1. The van der Waals surface area contributed by atoms with Crippen LogP contribution in [0.3, 0.4) is 0 Å². The van der Waals surface area contributed by atoms with Gasteiger partial charge in [0.1, 0.15) is 6.10 Å². The highest BCUT2D eigenvalue weighted by molar-refractivity contribution is 5.89. The lowest BCUT2D eigenvalue weighted by atomic mass is 9.61. The van der Waals surface area contributed by atoms with Gasteiger partial charge >= 0.3 is 5.97 Å². The quantitative estimate of drug-likeness (QED) is 0.488. The molecule has 0 radical (unpaired) electrons. The lowest BCUT2D eigenvalue weighted by Crippen LogP contribution is -2.43. The van der Waals surface area contributed by atoms with Gasteiger partial charge in [0.25, 0.3) is 0 Å². The Hall–Kier alpha value is -1.31. The van der Waals surface area contributed by atoms with E-state index < -0.39 is 0 Å². The molecule has 0 N–H and O–H groups in total. The molecule has 2 nitrogen and oxygen atoms in total. The van der Waals surface area contributed by atoms with Crippen molar-refractivity contribution in [1.82, 2.24) is 0 Å². The molecule has 0 spiro atoms. The summed E-state index contributed by atoms with van der Waals surface area (Å²) in [6.07, 6.45) is 10.2. The number of ether oxygens (including phenoxy) is 1. The van der Waals surface area contributed by atoms with E-state index in [2.05, 4.69) is 27.7 Å². The van der Waals surface area contributed by atoms with Crippen LogP contribution in [0.25, 0.3) is 0 Å². The van der Waals surface area contributed by atoms with Crippen LogP contribution in [0.4, 0.5) is 0 Å². The van der Waals surface area contributed by atoms with Crippen LogP contribution in [0.2, 0.25) is 0 Å². The van der Waals surface area contributed by atoms with Gasteiger partial charge in [0, 0.05) is 5.92 Å². The summed E-state index contributed by atoms with van der Waals surface area (Å²) in [6, 6.07) is 9.48. The molecule has 0 aromatic heterocycles. The molecule has 5 unspecified atom stereocenters. The monoisotopic (exact) mass is 370 g/mol. The van der Waals surface area contributed by atoms with Gasteiger partial charge in [-0.1, -0.05) is 65.2 Å². The fraction of sp³-hybridized carbons (Fsp3) is 0.720. The van der Waals surface area contributed by atoms with Crippen molar-refractivity contribution in [2.45, 2.75) is 85.2 Å². The van der Waals surface area contributed by atoms with Gasteiger partial charge in [-0.3, -0.25) is 0 Å². The Kier molecular flexibility index (Phi) is 6.65. The molecule has 150 valence electrons. The summed E-state index contributed by atoms with van der Waals surface area (Å²) >= 11 is 0. The lowest BCUT2D eigenvalue weighted by Gasteiger charge is -2.46. The van der Waals surface area contributed by atoms with Crippen LogP contribution >= 0.6 is 0 Å². The topological polar surface area (TPSA) is 26.3 Å². The van der Waals surface area contributed by atoms with Gasteiger partial charge in [0.2, 0.25) is 0 Å². The highest BCUT2D eigenvalue weighted by Crippen LogP contribution is 2.58. The molecule has 0 heterocycles. The van der Waals surface area contributed by atoms with Crippen LogP contribution in [0.1, 0.15) is 89.4 Å². The molecule has 2 aliphatic carbocycles. The Morgan fingerprint density at radius 1 is 1.11 bits per heavy atom. The second kappa shape index (κ2) is 8.80. The molecule has 0 bridgehead atoms. The molecule has 2 heteroatoms. The Morgan fingerprint density at radius 2 is 1.85 bits per heavy atom. The molecule has 5 atom stereocenters. The summed E-state index contributed by atoms with van der Waals surface area (Å²) in [5.41, 5.74) is 1.03. The van der Waals surface area contributed by atoms with Crippen molar-refractivity contribution in [1.29, 1.82) is 0 Å². The molecule has 2 saturated carbocycles. The molecule has 3 rings (SSSR count). The summed E-state index contributed by atoms with van der Waals surface area (Å²) in [6.45, 7) is 9.61.